The molecule has 0 fully saturated rings. The lowest BCUT2D eigenvalue weighted by Crippen LogP contribution is -2.18. The van der Waals surface area contributed by atoms with Crippen molar-refractivity contribution in [2.24, 2.45) is 0 Å². The zero-order valence-corrected chi connectivity index (χ0v) is 9.24. The molecule has 0 saturated carbocycles. The summed E-state index contributed by atoms with van der Waals surface area (Å²) in [7, 11) is 0. The van der Waals surface area contributed by atoms with Crippen molar-refractivity contribution in [1.82, 2.24) is 0 Å². The summed E-state index contributed by atoms with van der Waals surface area (Å²) in [6.45, 7) is 0. The monoisotopic (exact) mass is 340 g/mol. The molecule has 0 aliphatic rings. The molecule has 0 atom stereocenters. The summed E-state index contributed by atoms with van der Waals surface area (Å²) in [5.74, 6) is -2.00. The van der Waals surface area contributed by atoms with Gasteiger partial charge in [-0.25, -0.2) is 4.39 Å². The van der Waals surface area contributed by atoms with Gasteiger partial charge in [-0.3, -0.25) is 0 Å². The van der Waals surface area contributed by atoms with Crippen LogP contribution in [0.25, 0.3) is 0 Å². The first kappa shape index (κ1) is 11.8. The van der Waals surface area contributed by atoms with Crippen LogP contribution in [0.2, 0.25) is 5.02 Å². The summed E-state index contributed by atoms with van der Waals surface area (Å²) in [6.07, 6.45) is -4.91. The average Bonchev–Trinajstić information content (AvgIpc) is 1.95. The molecule has 0 unspecified atom stereocenters. The van der Waals surface area contributed by atoms with Crippen LogP contribution in [0.1, 0.15) is 0 Å². The van der Waals surface area contributed by atoms with Crippen LogP contribution in [0.5, 0.6) is 5.75 Å². The number of rotatable bonds is 1. The summed E-state index contributed by atoms with van der Waals surface area (Å²) in [5.41, 5.74) is 0. The Labute approximate surface area is 95.1 Å². The summed E-state index contributed by atoms with van der Waals surface area (Å²) < 4.78 is 51.7. The minimum absolute atomic E-state index is 0.0152. The van der Waals surface area contributed by atoms with Gasteiger partial charge in [0, 0.05) is 5.02 Å². The molecule has 0 aliphatic heterocycles. The van der Waals surface area contributed by atoms with Gasteiger partial charge in [0.1, 0.15) is 0 Å². The Bertz CT molecular complexity index is 329. The first-order valence-corrected chi connectivity index (χ1v) is 4.65. The van der Waals surface area contributed by atoms with E-state index in [1.807, 2.05) is 0 Å². The molecule has 0 N–H and O–H groups in total. The predicted octanol–water partition coefficient (Wildman–Crippen LogP) is 3.98. The molecule has 0 aromatic heterocycles. The van der Waals surface area contributed by atoms with E-state index in [1.54, 1.807) is 0 Å². The Kier molecular flexibility index (Phi) is 3.46. The normalized spacial score (nSPS) is 11.6. The topological polar surface area (TPSA) is 9.23 Å². The Hall–Kier alpha value is -0.240. The van der Waals surface area contributed by atoms with Crippen LogP contribution in [-0.2, 0) is 0 Å². The van der Waals surface area contributed by atoms with Crippen LogP contribution in [0.4, 0.5) is 17.6 Å². The zero-order chi connectivity index (χ0) is 10.9. The van der Waals surface area contributed by atoms with E-state index < -0.39 is 17.9 Å². The van der Waals surface area contributed by atoms with Crippen molar-refractivity contribution in [2.75, 3.05) is 0 Å². The molecule has 1 aromatic rings. The molecule has 14 heavy (non-hydrogen) atoms. The van der Waals surface area contributed by atoms with E-state index >= 15 is 0 Å². The van der Waals surface area contributed by atoms with Crippen molar-refractivity contribution >= 4 is 34.2 Å². The largest absolute Gasteiger partial charge is 0.573 e. The van der Waals surface area contributed by atoms with Crippen molar-refractivity contribution in [3.63, 3.8) is 0 Å². The number of hydrogen-bond donors (Lipinski definition) is 0. The lowest BCUT2D eigenvalue weighted by atomic mass is 10.3. The smallest absolute Gasteiger partial charge is 0.402 e. The molecule has 0 amide bonds. The molecule has 0 bridgehead atoms. The molecule has 1 nitrogen and oxygen atoms in total. The summed E-state index contributed by atoms with van der Waals surface area (Å²) in [4.78, 5) is 0. The predicted molar refractivity (Wildman–Crippen MR) is 50.8 cm³/mol. The second kappa shape index (κ2) is 4.09. The van der Waals surface area contributed by atoms with Crippen LogP contribution >= 0.6 is 34.2 Å². The number of alkyl halides is 3. The standard InChI is InChI=1S/C7H2ClF4IO/c8-3-1-4(9)6(5(13)2-3)14-7(10,11)12/h1-2H. The fraction of sp³-hybridized carbons (Fsp3) is 0.143. The first-order chi connectivity index (χ1) is 6.29. The van der Waals surface area contributed by atoms with Crippen molar-refractivity contribution in [1.29, 1.82) is 0 Å². The summed E-state index contributed by atoms with van der Waals surface area (Å²) >= 11 is 6.91. The van der Waals surface area contributed by atoms with Gasteiger partial charge >= 0.3 is 6.36 Å². The molecular weight excluding hydrogens is 338 g/mol. The molecule has 0 spiro atoms. The second-order valence-electron chi connectivity index (χ2n) is 2.25. The second-order valence-corrected chi connectivity index (χ2v) is 3.84. The Balaban J connectivity index is 3.09. The van der Waals surface area contributed by atoms with E-state index in [1.165, 1.54) is 28.7 Å². The minimum atomic E-state index is -4.91. The van der Waals surface area contributed by atoms with E-state index in [2.05, 4.69) is 4.74 Å². The van der Waals surface area contributed by atoms with Crippen molar-refractivity contribution in [2.45, 2.75) is 6.36 Å². The van der Waals surface area contributed by atoms with Gasteiger partial charge in [-0.05, 0) is 34.7 Å². The van der Waals surface area contributed by atoms with Crippen LogP contribution in [-0.4, -0.2) is 6.36 Å². The van der Waals surface area contributed by atoms with Crippen molar-refractivity contribution in [3.05, 3.63) is 26.5 Å². The quantitative estimate of drug-likeness (QED) is 0.555. The number of ether oxygens (including phenoxy) is 1. The molecule has 1 aromatic carbocycles. The molecule has 0 saturated heterocycles. The van der Waals surface area contributed by atoms with Gasteiger partial charge < -0.3 is 4.74 Å². The van der Waals surface area contributed by atoms with Gasteiger partial charge in [-0.2, -0.15) is 0 Å². The van der Waals surface area contributed by atoms with Crippen LogP contribution in [0.3, 0.4) is 0 Å². The average molecular weight is 340 g/mol. The number of hydrogen-bond acceptors (Lipinski definition) is 1. The van der Waals surface area contributed by atoms with Gasteiger partial charge in [0.2, 0.25) is 0 Å². The maximum atomic E-state index is 12.9. The Morgan fingerprint density at radius 1 is 1.29 bits per heavy atom. The molecule has 78 valence electrons. The Morgan fingerprint density at radius 2 is 1.86 bits per heavy atom. The van der Waals surface area contributed by atoms with E-state index in [0.717, 1.165) is 6.07 Å². The molecular formula is C7H2ClF4IO. The number of benzene rings is 1. The van der Waals surface area contributed by atoms with E-state index in [4.69, 9.17) is 11.6 Å². The van der Waals surface area contributed by atoms with Crippen molar-refractivity contribution in [3.8, 4) is 5.75 Å². The van der Waals surface area contributed by atoms with Gasteiger partial charge in [-0.1, -0.05) is 11.6 Å². The van der Waals surface area contributed by atoms with E-state index in [-0.39, 0.29) is 8.59 Å². The lowest BCUT2D eigenvalue weighted by Gasteiger charge is -2.11. The van der Waals surface area contributed by atoms with Gasteiger partial charge in [0.25, 0.3) is 0 Å². The zero-order valence-electron chi connectivity index (χ0n) is 6.33. The highest BCUT2D eigenvalue weighted by Crippen LogP contribution is 2.32. The van der Waals surface area contributed by atoms with Crippen molar-refractivity contribution < 1.29 is 22.3 Å². The first-order valence-electron chi connectivity index (χ1n) is 3.20. The molecule has 7 heteroatoms. The van der Waals surface area contributed by atoms with E-state index in [9.17, 15) is 17.6 Å². The lowest BCUT2D eigenvalue weighted by molar-refractivity contribution is -0.275. The van der Waals surface area contributed by atoms with Crippen LogP contribution in [0, 0.1) is 9.39 Å². The van der Waals surface area contributed by atoms with Crippen LogP contribution in [0.15, 0.2) is 12.1 Å². The number of halogens is 6. The van der Waals surface area contributed by atoms with Gasteiger partial charge in [0.05, 0.1) is 3.57 Å². The van der Waals surface area contributed by atoms with E-state index in [0.29, 0.717) is 0 Å². The summed E-state index contributed by atoms with van der Waals surface area (Å²) in [5, 5.41) is 0.0152. The maximum Gasteiger partial charge on any atom is 0.573 e. The fourth-order valence-corrected chi connectivity index (χ4v) is 1.83. The van der Waals surface area contributed by atoms with Gasteiger partial charge in [0.15, 0.2) is 11.6 Å². The third-order valence-electron chi connectivity index (χ3n) is 1.18. The van der Waals surface area contributed by atoms with Gasteiger partial charge in [-0.15, -0.1) is 13.2 Å². The molecule has 0 aliphatic carbocycles. The highest BCUT2D eigenvalue weighted by molar-refractivity contribution is 14.1. The minimum Gasteiger partial charge on any atom is -0.402 e. The SMILES string of the molecule is Fc1cc(Cl)cc(I)c1OC(F)(F)F. The third kappa shape index (κ3) is 3.16. The van der Waals surface area contributed by atoms with Crippen LogP contribution < -0.4 is 4.74 Å². The molecule has 1 rings (SSSR count). The third-order valence-corrected chi connectivity index (χ3v) is 2.20. The fourth-order valence-electron chi connectivity index (χ4n) is 0.742. The maximum absolute atomic E-state index is 12.9. The molecule has 0 radical (unpaired) electrons. The highest BCUT2D eigenvalue weighted by atomic mass is 127. The molecule has 0 heterocycles. The highest BCUT2D eigenvalue weighted by Gasteiger charge is 2.33. The Morgan fingerprint density at radius 3 is 2.29 bits per heavy atom. The summed E-state index contributed by atoms with van der Waals surface area (Å²) in [6, 6.07) is 1.93.